The van der Waals surface area contributed by atoms with Crippen LogP contribution in [0.3, 0.4) is 0 Å². The molecule has 0 fully saturated rings. The summed E-state index contributed by atoms with van der Waals surface area (Å²) >= 11 is 0. The third-order valence-electron chi connectivity index (χ3n) is 5.15. The lowest BCUT2D eigenvalue weighted by molar-refractivity contribution is -0.142. The minimum Gasteiger partial charge on any atom is -0.497 e. The molecule has 1 atom stereocenters. The Kier molecular flexibility index (Phi) is 8.27. The third-order valence-corrected chi connectivity index (χ3v) is 5.15. The van der Waals surface area contributed by atoms with E-state index in [0.717, 1.165) is 28.0 Å². The zero-order valence-corrected chi connectivity index (χ0v) is 18.7. The highest BCUT2D eigenvalue weighted by Gasteiger charge is 2.26. The van der Waals surface area contributed by atoms with Gasteiger partial charge in [-0.25, -0.2) is 0 Å². The average Bonchev–Trinajstić information content (AvgIpc) is 2.73. The predicted octanol–water partition coefficient (Wildman–Crippen LogP) is 3.55. The number of methoxy groups -OCH3 is 1. The summed E-state index contributed by atoms with van der Waals surface area (Å²) in [4.78, 5) is 27.0. The highest BCUT2D eigenvalue weighted by Crippen LogP contribution is 2.23. The van der Waals surface area contributed by atoms with E-state index in [1.807, 2.05) is 58.0 Å². The summed E-state index contributed by atoms with van der Waals surface area (Å²) in [6.07, 6.45) is 0. The second kappa shape index (κ2) is 10.7. The van der Waals surface area contributed by atoms with Crippen LogP contribution in [0.25, 0.3) is 0 Å². The van der Waals surface area contributed by atoms with Crippen LogP contribution in [0.4, 0.5) is 0 Å². The van der Waals surface area contributed by atoms with E-state index in [0.29, 0.717) is 18.8 Å². The average molecular weight is 413 g/mol. The fourth-order valence-electron chi connectivity index (χ4n) is 3.21. The van der Waals surface area contributed by atoms with Crippen LogP contribution in [0.2, 0.25) is 0 Å². The van der Waals surface area contributed by atoms with Crippen LogP contribution < -0.4 is 14.8 Å². The molecule has 6 heteroatoms. The van der Waals surface area contributed by atoms with E-state index in [9.17, 15) is 9.59 Å². The van der Waals surface area contributed by atoms with Gasteiger partial charge in [0.05, 0.1) is 7.11 Å². The van der Waals surface area contributed by atoms with Crippen LogP contribution in [0.1, 0.15) is 36.1 Å². The molecule has 0 spiro atoms. The van der Waals surface area contributed by atoms with Crippen LogP contribution in [0.15, 0.2) is 36.4 Å². The molecule has 0 aliphatic heterocycles. The van der Waals surface area contributed by atoms with Crippen molar-refractivity contribution < 1.29 is 19.1 Å². The van der Waals surface area contributed by atoms with Gasteiger partial charge in [-0.1, -0.05) is 18.2 Å². The fourth-order valence-corrected chi connectivity index (χ4v) is 3.21. The lowest BCUT2D eigenvalue weighted by Crippen LogP contribution is -2.49. The summed E-state index contributed by atoms with van der Waals surface area (Å²) in [6, 6.07) is 10.8. The number of benzene rings is 2. The zero-order chi connectivity index (χ0) is 22.3. The summed E-state index contributed by atoms with van der Waals surface area (Å²) in [5.74, 6) is 0.989. The van der Waals surface area contributed by atoms with Crippen LogP contribution in [-0.2, 0) is 16.1 Å². The summed E-state index contributed by atoms with van der Waals surface area (Å²) in [5.41, 5.74) is 4.10. The molecule has 0 radical (unpaired) electrons. The molecule has 0 saturated heterocycles. The smallest absolute Gasteiger partial charge is 0.261 e. The van der Waals surface area contributed by atoms with E-state index in [2.05, 4.69) is 11.4 Å². The molecule has 0 aliphatic carbocycles. The van der Waals surface area contributed by atoms with Crippen molar-refractivity contribution in [3.05, 3.63) is 58.7 Å². The number of aryl methyl sites for hydroxylation is 2. The fraction of sp³-hybridized carbons (Fsp3) is 0.417. The first-order chi connectivity index (χ1) is 14.3. The molecule has 162 valence electrons. The molecule has 2 rings (SSSR count). The summed E-state index contributed by atoms with van der Waals surface area (Å²) in [6.45, 7) is 10.2. The molecule has 0 heterocycles. The molecule has 2 amide bonds. The van der Waals surface area contributed by atoms with Gasteiger partial charge in [0.2, 0.25) is 5.91 Å². The zero-order valence-electron chi connectivity index (χ0n) is 18.7. The Morgan fingerprint density at radius 1 is 1.10 bits per heavy atom. The Morgan fingerprint density at radius 3 is 2.37 bits per heavy atom. The van der Waals surface area contributed by atoms with E-state index in [1.165, 1.54) is 0 Å². The van der Waals surface area contributed by atoms with Gasteiger partial charge in [-0.2, -0.15) is 0 Å². The maximum Gasteiger partial charge on any atom is 0.261 e. The SMILES string of the molecule is CCNC(=O)[C@H](C)N(Cc1ccc(OC)cc1)C(=O)COc1cc(C)cc(C)c1C. The van der Waals surface area contributed by atoms with Gasteiger partial charge >= 0.3 is 0 Å². The number of likely N-dealkylation sites (N-methyl/N-ethyl adjacent to an activating group) is 1. The van der Waals surface area contributed by atoms with Crippen LogP contribution >= 0.6 is 0 Å². The Labute approximate surface area is 179 Å². The van der Waals surface area contributed by atoms with Crippen molar-refractivity contribution in [3.8, 4) is 11.5 Å². The Balaban J connectivity index is 2.19. The van der Waals surface area contributed by atoms with Crippen molar-refractivity contribution in [3.63, 3.8) is 0 Å². The van der Waals surface area contributed by atoms with Crippen LogP contribution in [-0.4, -0.2) is 43.0 Å². The van der Waals surface area contributed by atoms with Gasteiger partial charge in [0.15, 0.2) is 6.61 Å². The van der Waals surface area contributed by atoms with E-state index < -0.39 is 6.04 Å². The highest BCUT2D eigenvalue weighted by atomic mass is 16.5. The van der Waals surface area contributed by atoms with Gasteiger partial charge in [0, 0.05) is 13.1 Å². The van der Waals surface area contributed by atoms with Gasteiger partial charge in [-0.15, -0.1) is 0 Å². The molecule has 30 heavy (non-hydrogen) atoms. The van der Waals surface area contributed by atoms with Crippen molar-refractivity contribution >= 4 is 11.8 Å². The molecule has 6 nitrogen and oxygen atoms in total. The first-order valence-electron chi connectivity index (χ1n) is 10.2. The summed E-state index contributed by atoms with van der Waals surface area (Å²) < 4.78 is 11.1. The minimum atomic E-state index is -0.622. The predicted molar refractivity (Wildman–Crippen MR) is 118 cm³/mol. The molecule has 0 unspecified atom stereocenters. The van der Waals surface area contributed by atoms with Gasteiger partial charge in [-0.3, -0.25) is 9.59 Å². The quantitative estimate of drug-likeness (QED) is 0.684. The highest BCUT2D eigenvalue weighted by molar-refractivity contribution is 5.87. The van der Waals surface area contributed by atoms with Crippen molar-refractivity contribution in [1.29, 1.82) is 0 Å². The summed E-state index contributed by atoms with van der Waals surface area (Å²) in [7, 11) is 1.61. The van der Waals surface area contributed by atoms with Gasteiger partial charge in [-0.05, 0) is 75.1 Å². The van der Waals surface area contributed by atoms with E-state index >= 15 is 0 Å². The Bertz CT molecular complexity index is 878. The lowest BCUT2D eigenvalue weighted by Gasteiger charge is -2.29. The van der Waals surface area contributed by atoms with Crippen LogP contribution in [0, 0.1) is 20.8 Å². The van der Waals surface area contributed by atoms with E-state index in [1.54, 1.807) is 18.9 Å². The number of rotatable bonds is 9. The third kappa shape index (κ3) is 5.99. The summed E-state index contributed by atoms with van der Waals surface area (Å²) in [5, 5.41) is 2.79. The second-order valence-corrected chi connectivity index (χ2v) is 7.43. The van der Waals surface area contributed by atoms with Gasteiger partial charge in [0.25, 0.3) is 5.91 Å². The monoisotopic (exact) mass is 412 g/mol. The number of carbonyl (C=O) groups excluding carboxylic acids is 2. The Hall–Kier alpha value is -3.02. The minimum absolute atomic E-state index is 0.135. The van der Waals surface area contributed by atoms with Gasteiger partial charge < -0.3 is 19.7 Å². The van der Waals surface area contributed by atoms with E-state index in [4.69, 9.17) is 9.47 Å². The van der Waals surface area contributed by atoms with Crippen molar-refractivity contribution in [1.82, 2.24) is 10.2 Å². The lowest BCUT2D eigenvalue weighted by atomic mass is 10.1. The number of amides is 2. The maximum atomic E-state index is 13.1. The number of nitrogens with zero attached hydrogens (tertiary/aromatic N) is 1. The van der Waals surface area contributed by atoms with Crippen molar-refractivity contribution in [2.45, 2.75) is 47.2 Å². The molecule has 2 aromatic carbocycles. The first kappa shape index (κ1) is 23.3. The maximum absolute atomic E-state index is 13.1. The van der Waals surface area contributed by atoms with Gasteiger partial charge in [0.1, 0.15) is 17.5 Å². The molecule has 0 saturated carbocycles. The molecule has 0 aromatic heterocycles. The molecular formula is C24H32N2O4. The normalized spacial score (nSPS) is 11.5. The molecule has 1 N–H and O–H groups in total. The standard InChI is InChI=1S/C24H32N2O4/c1-7-25-24(28)19(5)26(14-20-8-10-21(29-6)11-9-20)23(27)15-30-22-13-16(2)12-17(3)18(22)4/h8-13,19H,7,14-15H2,1-6H3,(H,25,28)/t19-/m0/s1. The first-order valence-corrected chi connectivity index (χ1v) is 10.2. The Morgan fingerprint density at radius 2 is 1.77 bits per heavy atom. The molecule has 0 aliphatic rings. The molecule has 0 bridgehead atoms. The number of hydrogen-bond donors (Lipinski definition) is 1. The number of nitrogens with one attached hydrogen (secondary N) is 1. The van der Waals surface area contributed by atoms with E-state index in [-0.39, 0.29) is 18.4 Å². The van der Waals surface area contributed by atoms with Crippen LogP contribution in [0.5, 0.6) is 11.5 Å². The second-order valence-electron chi connectivity index (χ2n) is 7.43. The topological polar surface area (TPSA) is 67.9 Å². The molecular weight excluding hydrogens is 380 g/mol. The van der Waals surface area contributed by atoms with Crippen molar-refractivity contribution in [2.24, 2.45) is 0 Å². The largest absolute Gasteiger partial charge is 0.497 e. The molecule has 2 aromatic rings. The van der Waals surface area contributed by atoms with Crippen molar-refractivity contribution in [2.75, 3.05) is 20.3 Å². The number of carbonyl (C=O) groups is 2. The number of ether oxygens (including phenoxy) is 2. The number of hydrogen-bond acceptors (Lipinski definition) is 4.